The van der Waals surface area contributed by atoms with Crippen LogP contribution in [-0.4, -0.2) is 35.4 Å². The first-order valence-corrected chi connectivity index (χ1v) is 7.28. The number of hydrogen-bond donors (Lipinski definition) is 2. The quantitative estimate of drug-likeness (QED) is 0.440. The summed E-state index contributed by atoms with van der Waals surface area (Å²) in [6.45, 7) is 7.50. The standard InChI is InChI=1S/C16H24N4O.HI/c1-16(2,3)19-15(17)18-10-14(21)20-9-8-12-6-4-5-7-13(12)11-20;/h4-7H,8-11H2,1-3H3,(H3,17,18,19);1H. The highest BCUT2D eigenvalue weighted by Crippen LogP contribution is 2.18. The average Bonchev–Trinajstić information content (AvgIpc) is 2.42. The van der Waals surface area contributed by atoms with Gasteiger partial charge in [0.25, 0.3) is 0 Å². The molecule has 0 unspecified atom stereocenters. The smallest absolute Gasteiger partial charge is 0.244 e. The van der Waals surface area contributed by atoms with E-state index in [1.807, 2.05) is 37.8 Å². The van der Waals surface area contributed by atoms with E-state index in [1.165, 1.54) is 11.1 Å². The lowest BCUT2D eigenvalue weighted by molar-refractivity contribution is -0.130. The summed E-state index contributed by atoms with van der Waals surface area (Å²) in [4.78, 5) is 18.2. The van der Waals surface area contributed by atoms with Crippen LogP contribution in [0.2, 0.25) is 0 Å². The van der Waals surface area contributed by atoms with E-state index in [0.717, 1.165) is 13.0 Å². The minimum Gasteiger partial charge on any atom is -0.370 e. The summed E-state index contributed by atoms with van der Waals surface area (Å²) in [6.07, 6.45) is 0.904. The van der Waals surface area contributed by atoms with E-state index in [2.05, 4.69) is 22.4 Å². The number of benzene rings is 1. The third kappa shape index (κ3) is 5.47. The lowest BCUT2D eigenvalue weighted by Gasteiger charge is -2.28. The number of carbonyl (C=O) groups is 1. The molecule has 1 aromatic carbocycles. The van der Waals surface area contributed by atoms with E-state index in [-0.39, 0.29) is 42.0 Å². The van der Waals surface area contributed by atoms with Gasteiger partial charge in [-0.25, -0.2) is 4.99 Å². The van der Waals surface area contributed by atoms with Crippen LogP contribution in [0.3, 0.4) is 0 Å². The van der Waals surface area contributed by atoms with Gasteiger partial charge in [0, 0.05) is 18.6 Å². The van der Waals surface area contributed by atoms with Gasteiger partial charge in [0.1, 0.15) is 6.54 Å². The molecule has 3 N–H and O–H groups in total. The Balaban J connectivity index is 0.00000242. The molecular formula is C16H25IN4O. The molecule has 0 spiro atoms. The normalized spacial score (nSPS) is 14.9. The van der Waals surface area contributed by atoms with E-state index >= 15 is 0 Å². The zero-order chi connectivity index (χ0) is 15.5. The Morgan fingerprint density at radius 1 is 1.32 bits per heavy atom. The molecule has 1 heterocycles. The van der Waals surface area contributed by atoms with Crippen molar-refractivity contribution in [2.45, 2.75) is 39.3 Å². The predicted octanol–water partition coefficient (Wildman–Crippen LogP) is 1.89. The molecule has 0 radical (unpaired) electrons. The molecule has 0 saturated carbocycles. The molecule has 2 rings (SSSR count). The van der Waals surface area contributed by atoms with E-state index < -0.39 is 0 Å². The van der Waals surface area contributed by atoms with E-state index in [4.69, 9.17) is 5.73 Å². The van der Waals surface area contributed by atoms with Crippen molar-refractivity contribution in [3.05, 3.63) is 35.4 Å². The number of fused-ring (bicyclic) bond motifs is 1. The summed E-state index contributed by atoms with van der Waals surface area (Å²) in [5.74, 6) is 0.330. The van der Waals surface area contributed by atoms with Gasteiger partial charge in [0.2, 0.25) is 5.91 Å². The molecule has 0 atom stereocenters. The number of nitrogens with zero attached hydrogens (tertiary/aromatic N) is 2. The molecule has 122 valence electrons. The van der Waals surface area contributed by atoms with Gasteiger partial charge in [0.05, 0.1) is 0 Å². The van der Waals surface area contributed by atoms with Gasteiger partial charge in [-0.1, -0.05) is 24.3 Å². The Labute approximate surface area is 149 Å². The second-order valence-electron chi connectivity index (χ2n) is 6.41. The van der Waals surface area contributed by atoms with Gasteiger partial charge in [-0.15, -0.1) is 24.0 Å². The second-order valence-corrected chi connectivity index (χ2v) is 6.41. The number of halogens is 1. The van der Waals surface area contributed by atoms with E-state index in [9.17, 15) is 4.79 Å². The van der Waals surface area contributed by atoms with Crippen LogP contribution in [0.15, 0.2) is 29.3 Å². The molecule has 0 saturated heterocycles. The maximum atomic E-state index is 12.2. The molecule has 1 aromatic rings. The van der Waals surface area contributed by atoms with Crippen molar-refractivity contribution in [2.24, 2.45) is 10.7 Å². The zero-order valence-electron chi connectivity index (χ0n) is 13.4. The van der Waals surface area contributed by atoms with Crippen molar-refractivity contribution in [1.82, 2.24) is 10.2 Å². The van der Waals surface area contributed by atoms with Gasteiger partial charge in [-0.2, -0.15) is 0 Å². The zero-order valence-corrected chi connectivity index (χ0v) is 15.8. The topological polar surface area (TPSA) is 70.7 Å². The van der Waals surface area contributed by atoms with E-state index in [0.29, 0.717) is 12.5 Å². The molecule has 6 heteroatoms. The maximum Gasteiger partial charge on any atom is 0.244 e. The fraction of sp³-hybridized carbons (Fsp3) is 0.500. The van der Waals surface area contributed by atoms with Gasteiger partial charge in [0.15, 0.2) is 5.96 Å². The highest BCUT2D eigenvalue weighted by molar-refractivity contribution is 14.0. The van der Waals surface area contributed by atoms with Crippen LogP contribution in [0.1, 0.15) is 31.9 Å². The minimum absolute atomic E-state index is 0. The Bertz CT molecular complexity index is 551. The Morgan fingerprint density at radius 2 is 1.95 bits per heavy atom. The molecule has 1 amide bonds. The lowest BCUT2D eigenvalue weighted by Crippen LogP contribution is -2.45. The molecule has 1 aliphatic heterocycles. The highest BCUT2D eigenvalue weighted by Gasteiger charge is 2.20. The molecule has 1 aliphatic rings. The summed E-state index contributed by atoms with van der Waals surface area (Å²) >= 11 is 0. The Hall–Kier alpha value is -1.31. The second kappa shape index (κ2) is 7.80. The van der Waals surface area contributed by atoms with Crippen molar-refractivity contribution < 1.29 is 4.79 Å². The first-order chi connectivity index (χ1) is 9.85. The minimum atomic E-state index is -0.152. The number of hydrogen-bond acceptors (Lipinski definition) is 2. The van der Waals surface area contributed by atoms with Crippen LogP contribution in [0.25, 0.3) is 0 Å². The summed E-state index contributed by atoms with van der Waals surface area (Å²) in [5.41, 5.74) is 8.19. The number of amides is 1. The molecule has 0 fully saturated rings. The van der Waals surface area contributed by atoms with Crippen molar-refractivity contribution >= 4 is 35.8 Å². The highest BCUT2D eigenvalue weighted by atomic mass is 127. The van der Waals surface area contributed by atoms with Gasteiger partial charge >= 0.3 is 0 Å². The largest absolute Gasteiger partial charge is 0.370 e. The predicted molar refractivity (Wildman–Crippen MR) is 100 cm³/mol. The maximum absolute atomic E-state index is 12.2. The average molecular weight is 416 g/mol. The summed E-state index contributed by atoms with van der Waals surface area (Å²) in [5, 5.41) is 3.05. The van der Waals surface area contributed by atoms with Gasteiger partial charge in [-0.05, 0) is 38.3 Å². The first kappa shape index (κ1) is 18.7. The van der Waals surface area contributed by atoms with Crippen LogP contribution in [0.5, 0.6) is 0 Å². The number of carbonyl (C=O) groups excluding carboxylic acids is 1. The summed E-state index contributed by atoms with van der Waals surface area (Å²) < 4.78 is 0. The molecule has 0 aliphatic carbocycles. The van der Waals surface area contributed by atoms with Crippen molar-refractivity contribution in [1.29, 1.82) is 0 Å². The van der Waals surface area contributed by atoms with Crippen LogP contribution in [0, 0.1) is 0 Å². The fourth-order valence-corrected chi connectivity index (χ4v) is 2.39. The van der Waals surface area contributed by atoms with Crippen LogP contribution in [-0.2, 0) is 17.8 Å². The number of guanidine groups is 1. The van der Waals surface area contributed by atoms with Gasteiger partial charge < -0.3 is 16.0 Å². The van der Waals surface area contributed by atoms with Gasteiger partial charge in [-0.3, -0.25) is 4.79 Å². The molecule has 5 nitrogen and oxygen atoms in total. The Morgan fingerprint density at radius 3 is 2.59 bits per heavy atom. The number of nitrogens with one attached hydrogen (secondary N) is 1. The number of rotatable bonds is 2. The van der Waals surface area contributed by atoms with Crippen LogP contribution >= 0.6 is 24.0 Å². The summed E-state index contributed by atoms with van der Waals surface area (Å²) in [6, 6.07) is 8.25. The lowest BCUT2D eigenvalue weighted by atomic mass is 10.00. The molecular weight excluding hydrogens is 391 g/mol. The summed E-state index contributed by atoms with van der Waals surface area (Å²) in [7, 11) is 0. The monoisotopic (exact) mass is 416 g/mol. The van der Waals surface area contributed by atoms with Crippen molar-refractivity contribution in [3.8, 4) is 0 Å². The number of nitrogens with two attached hydrogens (primary N) is 1. The first-order valence-electron chi connectivity index (χ1n) is 7.28. The molecule has 0 bridgehead atoms. The fourth-order valence-electron chi connectivity index (χ4n) is 2.39. The number of aliphatic imine (C=N–C) groups is 1. The molecule has 22 heavy (non-hydrogen) atoms. The molecule has 0 aromatic heterocycles. The third-order valence-corrected chi connectivity index (χ3v) is 3.37. The SMILES string of the molecule is CC(C)(C)NC(N)=NCC(=O)N1CCc2ccccc2C1.I. The third-order valence-electron chi connectivity index (χ3n) is 3.37. The van der Waals surface area contributed by atoms with Crippen LogP contribution in [0.4, 0.5) is 0 Å². The van der Waals surface area contributed by atoms with Crippen LogP contribution < -0.4 is 11.1 Å². The van der Waals surface area contributed by atoms with Crippen molar-refractivity contribution in [3.63, 3.8) is 0 Å². The van der Waals surface area contributed by atoms with Crippen molar-refractivity contribution in [2.75, 3.05) is 13.1 Å². The van der Waals surface area contributed by atoms with E-state index in [1.54, 1.807) is 0 Å². The Kier molecular flexibility index (Phi) is 6.65.